The van der Waals surface area contributed by atoms with Crippen LogP contribution in [0.15, 0.2) is 0 Å². The lowest BCUT2D eigenvalue weighted by Crippen LogP contribution is -2.47. The molecule has 0 amide bonds. The third-order valence-corrected chi connectivity index (χ3v) is 6.06. The molecule has 0 radical (unpaired) electrons. The van der Waals surface area contributed by atoms with E-state index in [0.717, 1.165) is 12.8 Å². The van der Waals surface area contributed by atoms with Gasteiger partial charge in [-0.2, -0.15) is 0 Å². The fourth-order valence-electron chi connectivity index (χ4n) is 2.55. The molecule has 1 aliphatic rings. The Morgan fingerprint density at radius 3 is 2.53 bits per heavy atom. The van der Waals surface area contributed by atoms with Crippen LogP contribution < -0.4 is 5.73 Å². The van der Waals surface area contributed by atoms with E-state index in [2.05, 4.69) is 13.8 Å². The molecular formula is C12H25NO3S. The third-order valence-electron chi connectivity index (χ3n) is 3.86. The Balaban J connectivity index is 2.72. The molecule has 1 fully saturated rings. The van der Waals surface area contributed by atoms with Gasteiger partial charge < -0.3 is 10.5 Å². The predicted octanol–water partition coefficient (Wildman–Crippen LogP) is 1.20. The summed E-state index contributed by atoms with van der Waals surface area (Å²) in [6.07, 6.45) is 2.58. The molecule has 17 heavy (non-hydrogen) atoms. The summed E-state index contributed by atoms with van der Waals surface area (Å²) >= 11 is 0. The number of methoxy groups -OCH3 is 1. The summed E-state index contributed by atoms with van der Waals surface area (Å²) in [6.45, 7) is 4.57. The number of rotatable bonds is 5. The van der Waals surface area contributed by atoms with Gasteiger partial charge in [0.25, 0.3) is 0 Å². The molecule has 0 bridgehead atoms. The summed E-state index contributed by atoms with van der Waals surface area (Å²) in [4.78, 5) is 0. The quantitative estimate of drug-likeness (QED) is 0.809. The first kappa shape index (κ1) is 14.9. The first-order valence-electron chi connectivity index (χ1n) is 6.34. The van der Waals surface area contributed by atoms with Crippen molar-refractivity contribution >= 4 is 9.84 Å². The molecule has 3 unspecified atom stereocenters. The molecule has 1 rings (SSSR count). The van der Waals surface area contributed by atoms with Gasteiger partial charge in [-0.15, -0.1) is 0 Å². The average Bonchev–Trinajstić information content (AvgIpc) is 2.26. The van der Waals surface area contributed by atoms with Crippen molar-refractivity contribution in [3.63, 3.8) is 0 Å². The van der Waals surface area contributed by atoms with Crippen LogP contribution in [-0.2, 0) is 14.6 Å². The lowest BCUT2D eigenvalue weighted by molar-refractivity contribution is 0.215. The molecule has 1 saturated carbocycles. The van der Waals surface area contributed by atoms with Crippen molar-refractivity contribution in [1.82, 2.24) is 0 Å². The summed E-state index contributed by atoms with van der Waals surface area (Å²) in [5.74, 6) is 1.10. The molecule has 0 aromatic carbocycles. The van der Waals surface area contributed by atoms with Gasteiger partial charge in [-0.05, 0) is 31.1 Å². The molecule has 0 heterocycles. The van der Waals surface area contributed by atoms with Crippen LogP contribution in [0.2, 0.25) is 0 Å². The van der Waals surface area contributed by atoms with Gasteiger partial charge in [-0.25, -0.2) is 8.42 Å². The summed E-state index contributed by atoms with van der Waals surface area (Å²) in [6, 6.07) is -0.202. The number of hydrogen-bond acceptors (Lipinski definition) is 4. The maximum atomic E-state index is 12.2. The van der Waals surface area contributed by atoms with Crippen LogP contribution >= 0.6 is 0 Å². The molecule has 3 atom stereocenters. The van der Waals surface area contributed by atoms with Crippen molar-refractivity contribution in [1.29, 1.82) is 0 Å². The Bertz CT molecular complexity index is 327. The van der Waals surface area contributed by atoms with E-state index in [1.807, 2.05) is 0 Å². The molecule has 1 aliphatic carbocycles. The molecule has 2 N–H and O–H groups in total. The zero-order chi connectivity index (χ0) is 13.1. The van der Waals surface area contributed by atoms with Crippen LogP contribution in [0.3, 0.4) is 0 Å². The normalized spacial score (nSPS) is 30.8. The molecular weight excluding hydrogens is 238 g/mol. The summed E-state index contributed by atoms with van der Waals surface area (Å²) < 4.78 is 29.2. The Labute approximate surface area is 105 Å². The van der Waals surface area contributed by atoms with E-state index in [1.54, 1.807) is 0 Å². The van der Waals surface area contributed by atoms with Gasteiger partial charge in [0, 0.05) is 13.2 Å². The zero-order valence-corrected chi connectivity index (χ0v) is 11.9. The maximum absolute atomic E-state index is 12.2. The minimum atomic E-state index is -3.11. The molecule has 4 nitrogen and oxygen atoms in total. The predicted molar refractivity (Wildman–Crippen MR) is 69.6 cm³/mol. The highest BCUT2D eigenvalue weighted by molar-refractivity contribution is 7.92. The highest BCUT2D eigenvalue weighted by Gasteiger charge is 2.37. The van der Waals surface area contributed by atoms with Crippen LogP contribution in [0, 0.1) is 11.8 Å². The van der Waals surface area contributed by atoms with Crippen molar-refractivity contribution in [3.05, 3.63) is 0 Å². The SMILES string of the molecule is COCCS(=O)(=O)C1CC(C(C)C)CCC1N. The smallest absolute Gasteiger partial charge is 0.156 e. The van der Waals surface area contributed by atoms with Crippen LogP contribution in [0.1, 0.15) is 33.1 Å². The fraction of sp³-hybridized carbons (Fsp3) is 1.00. The minimum absolute atomic E-state index is 0.0900. The standard InChI is InChI=1S/C12H25NO3S/c1-9(2)10-4-5-11(13)12(8-10)17(14,15)7-6-16-3/h9-12H,4-8,13H2,1-3H3. The van der Waals surface area contributed by atoms with E-state index in [0.29, 0.717) is 18.3 Å². The van der Waals surface area contributed by atoms with Gasteiger partial charge in [0.1, 0.15) is 0 Å². The summed E-state index contributed by atoms with van der Waals surface area (Å²) in [5, 5.41) is -0.376. The van der Waals surface area contributed by atoms with Crippen LogP contribution in [-0.4, -0.2) is 39.2 Å². The molecule has 5 heteroatoms. The van der Waals surface area contributed by atoms with E-state index >= 15 is 0 Å². The third kappa shape index (κ3) is 3.93. The molecule has 0 aliphatic heterocycles. The topological polar surface area (TPSA) is 69.4 Å². The fourth-order valence-corrected chi connectivity index (χ4v) is 4.46. The maximum Gasteiger partial charge on any atom is 0.156 e. The largest absolute Gasteiger partial charge is 0.384 e. The zero-order valence-electron chi connectivity index (χ0n) is 11.1. The van der Waals surface area contributed by atoms with E-state index in [4.69, 9.17) is 10.5 Å². The molecule has 0 aromatic heterocycles. The lowest BCUT2D eigenvalue weighted by Gasteiger charge is -2.35. The second kappa shape index (κ2) is 6.16. The van der Waals surface area contributed by atoms with E-state index in [1.165, 1.54) is 7.11 Å². The highest BCUT2D eigenvalue weighted by Crippen LogP contribution is 2.33. The Kier molecular flexibility index (Phi) is 5.41. The van der Waals surface area contributed by atoms with Gasteiger partial charge >= 0.3 is 0 Å². The summed E-state index contributed by atoms with van der Waals surface area (Å²) in [7, 11) is -1.59. The van der Waals surface area contributed by atoms with E-state index in [9.17, 15) is 8.42 Å². The van der Waals surface area contributed by atoms with E-state index < -0.39 is 9.84 Å². The average molecular weight is 263 g/mol. The number of sulfone groups is 1. The van der Waals surface area contributed by atoms with Crippen LogP contribution in [0.4, 0.5) is 0 Å². The van der Waals surface area contributed by atoms with Crippen LogP contribution in [0.5, 0.6) is 0 Å². The van der Waals surface area contributed by atoms with Gasteiger partial charge in [0.05, 0.1) is 17.6 Å². The first-order chi connectivity index (χ1) is 7.88. The molecule has 102 valence electrons. The van der Waals surface area contributed by atoms with Gasteiger partial charge in [0.15, 0.2) is 9.84 Å². The van der Waals surface area contributed by atoms with Gasteiger partial charge in [0.2, 0.25) is 0 Å². The Hall–Kier alpha value is -0.130. The van der Waals surface area contributed by atoms with Crippen molar-refractivity contribution in [2.24, 2.45) is 17.6 Å². The number of hydrogen-bond donors (Lipinski definition) is 1. The molecule has 0 spiro atoms. The van der Waals surface area contributed by atoms with Crippen molar-refractivity contribution in [2.75, 3.05) is 19.5 Å². The van der Waals surface area contributed by atoms with Gasteiger partial charge in [-0.1, -0.05) is 13.8 Å². The van der Waals surface area contributed by atoms with Crippen molar-refractivity contribution < 1.29 is 13.2 Å². The lowest BCUT2D eigenvalue weighted by atomic mass is 9.79. The molecule has 0 aromatic rings. The highest BCUT2D eigenvalue weighted by atomic mass is 32.2. The second-order valence-corrected chi connectivity index (χ2v) is 7.72. The summed E-state index contributed by atoms with van der Waals surface area (Å²) in [5.41, 5.74) is 5.98. The van der Waals surface area contributed by atoms with Crippen molar-refractivity contribution in [2.45, 2.75) is 44.4 Å². The first-order valence-corrected chi connectivity index (χ1v) is 8.06. The second-order valence-electron chi connectivity index (χ2n) is 5.38. The Morgan fingerprint density at radius 2 is 2.00 bits per heavy atom. The number of nitrogens with two attached hydrogens (primary N) is 1. The number of ether oxygens (including phenoxy) is 1. The molecule has 0 saturated heterocycles. The minimum Gasteiger partial charge on any atom is -0.384 e. The van der Waals surface area contributed by atoms with Crippen molar-refractivity contribution in [3.8, 4) is 0 Å². The van der Waals surface area contributed by atoms with Crippen LogP contribution in [0.25, 0.3) is 0 Å². The monoisotopic (exact) mass is 263 g/mol. The van der Waals surface area contributed by atoms with E-state index in [-0.39, 0.29) is 23.7 Å². The van der Waals surface area contributed by atoms with Gasteiger partial charge in [-0.3, -0.25) is 0 Å². The Morgan fingerprint density at radius 1 is 1.35 bits per heavy atom.